The van der Waals surface area contributed by atoms with E-state index in [9.17, 15) is 22.0 Å². The van der Waals surface area contributed by atoms with Crippen LogP contribution < -0.4 is 5.32 Å². The second-order valence-corrected chi connectivity index (χ2v) is 8.02. The molecule has 0 radical (unpaired) electrons. The van der Waals surface area contributed by atoms with Gasteiger partial charge in [-0.2, -0.15) is 8.78 Å². The summed E-state index contributed by atoms with van der Waals surface area (Å²) in [6.07, 6.45) is 0.155. The average Bonchev–Trinajstić information content (AvgIpc) is 3.08. The third kappa shape index (κ3) is 3.23. The van der Waals surface area contributed by atoms with E-state index in [0.717, 1.165) is 38.3 Å². The highest BCUT2D eigenvalue weighted by Crippen LogP contribution is 2.27. The van der Waals surface area contributed by atoms with Gasteiger partial charge in [0.2, 0.25) is 15.7 Å². The average molecular weight is 344 g/mol. The zero-order valence-electron chi connectivity index (χ0n) is 12.4. The molecular formula is C15H18F2N2O3S. The van der Waals surface area contributed by atoms with E-state index in [1.807, 2.05) is 4.90 Å². The molecule has 1 N–H and O–H groups in total. The lowest BCUT2D eigenvalue weighted by atomic mass is 10.0. The Morgan fingerprint density at radius 3 is 2.26 bits per heavy atom. The van der Waals surface area contributed by atoms with Crippen LogP contribution in [0.1, 0.15) is 5.56 Å². The number of carbonyl (C=O) groups is 1. The molecule has 2 aliphatic heterocycles. The van der Waals surface area contributed by atoms with Gasteiger partial charge in [0.05, 0.1) is 11.3 Å². The van der Waals surface area contributed by atoms with Crippen LogP contribution in [0.25, 0.3) is 0 Å². The molecule has 5 nitrogen and oxygen atoms in total. The van der Waals surface area contributed by atoms with Crippen molar-refractivity contribution in [2.24, 2.45) is 11.8 Å². The van der Waals surface area contributed by atoms with Crippen molar-refractivity contribution in [3.05, 3.63) is 29.8 Å². The van der Waals surface area contributed by atoms with Crippen LogP contribution in [0, 0.1) is 11.8 Å². The molecule has 0 unspecified atom stereocenters. The lowest BCUT2D eigenvalue weighted by Crippen LogP contribution is -2.32. The first-order valence-electron chi connectivity index (χ1n) is 7.47. The molecule has 1 amide bonds. The maximum atomic E-state index is 12.5. The van der Waals surface area contributed by atoms with Gasteiger partial charge in [0, 0.05) is 26.2 Å². The zero-order valence-corrected chi connectivity index (χ0v) is 13.2. The van der Waals surface area contributed by atoms with Gasteiger partial charge < -0.3 is 10.2 Å². The summed E-state index contributed by atoms with van der Waals surface area (Å²) in [6.45, 7) is 3.37. The summed E-state index contributed by atoms with van der Waals surface area (Å²) in [5.74, 6) is -2.42. The molecule has 2 aliphatic rings. The van der Waals surface area contributed by atoms with Crippen molar-refractivity contribution in [1.29, 1.82) is 0 Å². The van der Waals surface area contributed by atoms with Crippen molar-refractivity contribution in [1.82, 2.24) is 10.2 Å². The van der Waals surface area contributed by atoms with Crippen molar-refractivity contribution in [2.45, 2.75) is 17.1 Å². The number of nitrogens with one attached hydrogen (secondary N) is 1. The molecule has 23 heavy (non-hydrogen) atoms. The summed E-state index contributed by atoms with van der Waals surface area (Å²) in [4.78, 5) is 13.7. The number of fused-ring (bicyclic) bond motifs is 1. The van der Waals surface area contributed by atoms with Crippen LogP contribution in [0.3, 0.4) is 0 Å². The maximum absolute atomic E-state index is 12.5. The van der Waals surface area contributed by atoms with Crippen molar-refractivity contribution < 1.29 is 22.0 Å². The van der Waals surface area contributed by atoms with Gasteiger partial charge in [-0.05, 0) is 29.5 Å². The van der Waals surface area contributed by atoms with Gasteiger partial charge in [0.15, 0.2) is 0 Å². The number of alkyl halides is 2. The first-order valence-corrected chi connectivity index (χ1v) is 9.02. The second-order valence-electron chi connectivity index (χ2n) is 6.10. The van der Waals surface area contributed by atoms with Gasteiger partial charge in [0.25, 0.3) is 0 Å². The Kier molecular flexibility index (Phi) is 4.37. The monoisotopic (exact) mass is 344 g/mol. The van der Waals surface area contributed by atoms with E-state index < -0.39 is 20.5 Å². The first kappa shape index (κ1) is 16.3. The summed E-state index contributed by atoms with van der Waals surface area (Å²) in [5, 5.41) is 3.31. The second kappa shape index (κ2) is 6.16. The minimum absolute atomic E-state index is 0.0103. The van der Waals surface area contributed by atoms with E-state index in [2.05, 4.69) is 5.32 Å². The number of nitrogens with zero attached hydrogens (tertiary/aromatic N) is 1. The Bertz CT molecular complexity index is 679. The lowest BCUT2D eigenvalue weighted by molar-refractivity contribution is -0.129. The van der Waals surface area contributed by atoms with Crippen molar-refractivity contribution in [2.75, 3.05) is 26.2 Å². The Labute approximate surface area is 133 Å². The van der Waals surface area contributed by atoms with Crippen LogP contribution in [-0.4, -0.2) is 51.2 Å². The standard InChI is InChI=1S/C15H18F2N2O3S/c16-15(17)23(21,22)13-3-1-10(2-4-13)5-14(20)19-8-11-6-18-7-12(11)9-19/h1-4,11-12,15,18H,5-9H2/t11-,12+. The summed E-state index contributed by atoms with van der Waals surface area (Å²) in [5.41, 5.74) is 0.624. The van der Waals surface area contributed by atoms with E-state index in [4.69, 9.17) is 0 Å². The molecule has 3 rings (SSSR count). The van der Waals surface area contributed by atoms with E-state index in [1.54, 1.807) is 0 Å². The molecule has 2 saturated heterocycles. The van der Waals surface area contributed by atoms with E-state index >= 15 is 0 Å². The predicted octanol–water partition coefficient (Wildman–Crippen LogP) is 0.903. The fourth-order valence-electron chi connectivity index (χ4n) is 3.25. The van der Waals surface area contributed by atoms with Crippen LogP contribution in [-0.2, 0) is 21.1 Å². The first-order chi connectivity index (χ1) is 10.9. The van der Waals surface area contributed by atoms with Crippen LogP contribution in [0.15, 0.2) is 29.2 Å². The highest BCUT2D eigenvalue weighted by Gasteiger charge is 2.37. The molecule has 0 spiro atoms. The fraction of sp³-hybridized carbons (Fsp3) is 0.533. The molecule has 0 saturated carbocycles. The molecule has 1 aromatic rings. The molecule has 0 bridgehead atoms. The van der Waals surface area contributed by atoms with Crippen molar-refractivity contribution >= 4 is 15.7 Å². The third-order valence-corrected chi connectivity index (χ3v) is 5.98. The van der Waals surface area contributed by atoms with Crippen LogP contribution in [0.4, 0.5) is 8.78 Å². The topological polar surface area (TPSA) is 66.5 Å². The predicted molar refractivity (Wildman–Crippen MR) is 79.8 cm³/mol. The highest BCUT2D eigenvalue weighted by atomic mass is 32.2. The fourth-order valence-corrected chi connectivity index (χ4v) is 3.97. The molecule has 1 aromatic carbocycles. The Balaban J connectivity index is 1.64. The molecule has 2 fully saturated rings. The zero-order chi connectivity index (χ0) is 16.6. The molecule has 8 heteroatoms. The minimum atomic E-state index is -4.58. The number of hydrogen-bond donors (Lipinski definition) is 1. The number of hydrogen-bond acceptors (Lipinski definition) is 4. The summed E-state index contributed by atoms with van der Waals surface area (Å²) in [7, 11) is -4.58. The SMILES string of the molecule is O=C(Cc1ccc(S(=O)(=O)C(F)F)cc1)N1C[C@H]2CNC[C@H]2C1. The number of amides is 1. The Morgan fingerprint density at radius 2 is 1.74 bits per heavy atom. The molecule has 2 heterocycles. The Hall–Kier alpha value is -1.54. The van der Waals surface area contributed by atoms with Crippen LogP contribution >= 0.6 is 0 Å². The van der Waals surface area contributed by atoms with Crippen molar-refractivity contribution in [3.63, 3.8) is 0 Å². The number of carbonyl (C=O) groups excluding carboxylic acids is 1. The largest absolute Gasteiger partial charge is 0.342 e. The third-order valence-electron chi connectivity index (χ3n) is 4.58. The number of likely N-dealkylation sites (tertiary alicyclic amines) is 1. The maximum Gasteiger partial charge on any atom is 0.341 e. The van der Waals surface area contributed by atoms with Gasteiger partial charge in [0.1, 0.15) is 0 Å². The van der Waals surface area contributed by atoms with Gasteiger partial charge in [-0.3, -0.25) is 4.79 Å². The van der Waals surface area contributed by atoms with Gasteiger partial charge >= 0.3 is 5.76 Å². The van der Waals surface area contributed by atoms with Gasteiger partial charge in [-0.15, -0.1) is 0 Å². The smallest absolute Gasteiger partial charge is 0.341 e. The lowest BCUT2D eigenvalue weighted by Gasteiger charge is -2.17. The highest BCUT2D eigenvalue weighted by molar-refractivity contribution is 7.91. The van der Waals surface area contributed by atoms with E-state index in [1.165, 1.54) is 12.1 Å². The van der Waals surface area contributed by atoms with Gasteiger partial charge in [-0.1, -0.05) is 12.1 Å². The summed E-state index contributed by atoms with van der Waals surface area (Å²) in [6, 6.07) is 5.11. The number of sulfone groups is 1. The Morgan fingerprint density at radius 1 is 1.17 bits per heavy atom. The molecule has 0 aromatic heterocycles. The number of benzene rings is 1. The van der Waals surface area contributed by atoms with E-state index in [-0.39, 0.29) is 12.3 Å². The number of halogens is 2. The molecule has 0 aliphatic carbocycles. The van der Waals surface area contributed by atoms with Crippen LogP contribution in [0.5, 0.6) is 0 Å². The summed E-state index contributed by atoms with van der Waals surface area (Å²) < 4.78 is 47.7. The van der Waals surface area contributed by atoms with Gasteiger partial charge in [-0.25, -0.2) is 8.42 Å². The molecule has 2 atom stereocenters. The normalized spacial score (nSPS) is 24.2. The quantitative estimate of drug-likeness (QED) is 0.881. The number of rotatable bonds is 4. The molecule has 126 valence electrons. The van der Waals surface area contributed by atoms with Crippen molar-refractivity contribution in [3.8, 4) is 0 Å². The van der Waals surface area contributed by atoms with E-state index in [0.29, 0.717) is 17.4 Å². The minimum Gasteiger partial charge on any atom is -0.342 e. The van der Waals surface area contributed by atoms with Crippen LogP contribution in [0.2, 0.25) is 0 Å². The summed E-state index contributed by atoms with van der Waals surface area (Å²) >= 11 is 0. The molecular weight excluding hydrogens is 326 g/mol.